The molecule has 0 atom stereocenters. The molecule has 0 radical (unpaired) electrons. The summed E-state index contributed by atoms with van der Waals surface area (Å²) in [6, 6.07) is 6.44. The number of amides is 1. The Morgan fingerprint density at radius 2 is 2.04 bits per heavy atom. The molecule has 3 rings (SSSR count). The molecule has 118 valence electrons. The largest absolute Gasteiger partial charge is 0.461 e. The van der Waals surface area contributed by atoms with Crippen LogP contribution in [0.4, 0.5) is 5.82 Å². The van der Waals surface area contributed by atoms with Gasteiger partial charge in [-0.05, 0) is 31.2 Å². The van der Waals surface area contributed by atoms with Gasteiger partial charge in [0.25, 0.3) is 5.91 Å². The first-order chi connectivity index (χ1) is 11.2. The number of aromatic nitrogens is 2. The third-order valence-electron chi connectivity index (χ3n) is 2.91. The maximum Gasteiger partial charge on any atom is 0.358 e. The van der Waals surface area contributed by atoms with Gasteiger partial charge in [-0.15, -0.1) is 0 Å². The number of anilines is 1. The van der Waals surface area contributed by atoms with E-state index in [4.69, 9.17) is 13.6 Å². The Morgan fingerprint density at radius 3 is 2.70 bits per heavy atom. The number of ether oxygens (including phenoxy) is 1. The summed E-state index contributed by atoms with van der Waals surface area (Å²) < 4.78 is 15.2. The molecule has 0 aliphatic carbocycles. The summed E-state index contributed by atoms with van der Waals surface area (Å²) in [7, 11) is 0. The van der Waals surface area contributed by atoms with E-state index < -0.39 is 11.9 Å². The molecule has 0 spiro atoms. The van der Waals surface area contributed by atoms with E-state index in [-0.39, 0.29) is 23.9 Å². The molecular formula is C15H13N3O5. The molecule has 0 aliphatic heterocycles. The van der Waals surface area contributed by atoms with Gasteiger partial charge < -0.3 is 23.9 Å². The standard InChI is InChI=1S/C15H13N3O5/c1-2-21-15(20)11-13(18-14(19)10-6-4-8-23-10)17-12(16-11)9-5-3-7-22-9/h3-8H,2H2,1H3,(H,16,17)(H,18,19). The Bertz CT molecular complexity index is 802. The van der Waals surface area contributed by atoms with Crippen molar-refractivity contribution in [1.29, 1.82) is 0 Å². The van der Waals surface area contributed by atoms with Crippen LogP contribution in [0.5, 0.6) is 0 Å². The van der Waals surface area contributed by atoms with E-state index in [2.05, 4.69) is 15.3 Å². The number of H-pyrrole nitrogens is 1. The summed E-state index contributed by atoms with van der Waals surface area (Å²) in [6.45, 7) is 1.88. The van der Waals surface area contributed by atoms with E-state index in [1.54, 1.807) is 25.1 Å². The number of rotatable bonds is 5. The summed E-state index contributed by atoms with van der Waals surface area (Å²) in [6.07, 6.45) is 2.85. The molecule has 8 nitrogen and oxygen atoms in total. The van der Waals surface area contributed by atoms with E-state index in [1.807, 2.05) is 0 Å². The zero-order valence-electron chi connectivity index (χ0n) is 12.2. The van der Waals surface area contributed by atoms with Crippen molar-refractivity contribution in [3.63, 3.8) is 0 Å². The van der Waals surface area contributed by atoms with E-state index in [0.29, 0.717) is 11.6 Å². The molecule has 8 heteroatoms. The molecule has 0 fully saturated rings. The number of carbonyl (C=O) groups excluding carboxylic acids is 2. The van der Waals surface area contributed by atoms with Crippen LogP contribution in [-0.4, -0.2) is 28.5 Å². The summed E-state index contributed by atoms with van der Waals surface area (Å²) in [5.74, 6) is -0.300. The Kier molecular flexibility index (Phi) is 3.96. The molecule has 0 aromatic carbocycles. The number of aromatic amines is 1. The lowest BCUT2D eigenvalue weighted by atomic mass is 10.4. The fourth-order valence-corrected chi connectivity index (χ4v) is 1.92. The second-order valence-electron chi connectivity index (χ2n) is 4.44. The Labute approximate surface area is 130 Å². The molecule has 3 aromatic heterocycles. The lowest BCUT2D eigenvalue weighted by Crippen LogP contribution is -2.15. The minimum atomic E-state index is -0.632. The average molecular weight is 315 g/mol. The molecule has 3 heterocycles. The van der Waals surface area contributed by atoms with Crippen LogP contribution in [0.2, 0.25) is 0 Å². The highest BCUT2D eigenvalue weighted by Crippen LogP contribution is 2.23. The summed E-state index contributed by atoms with van der Waals surface area (Å²) in [5, 5.41) is 2.52. The Hall–Kier alpha value is -3.29. The highest BCUT2D eigenvalue weighted by molar-refractivity contribution is 6.05. The minimum Gasteiger partial charge on any atom is -0.461 e. The van der Waals surface area contributed by atoms with Gasteiger partial charge in [-0.2, -0.15) is 0 Å². The SMILES string of the molecule is CCOC(=O)c1[nH]c(-c2ccco2)nc1NC(=O)c1ccco1. The van der Waals surface area contributed by atoms with Crippen molar-refractivity contribution < 1.29 is 23.2 Å². The van der Waals surface area contributed by atoms with Crippen LogP contribution >= 0.6 is 0 Å². The molecule has 0 saturated heterocycles. The van der Waals surface area contributed by atoms with Gasteiger partial charge in [0, 0.05) is 0 Å². The van der Waals surface area contributed by atoms with Crippen LogP contribution < -0.4 is 5.32 Å². The van der Waals surface area contributed by atoms with Gasteiger partial charge in [-0.1, -0.05) is 0 Å². The van der Waals surface area contributed by atoms with Gasteiger partial charge >= 0.3 is 5.97 Å². The number of furan rings is 2. The van der Waals surface area contributed by atoms with Crippen LogP contribution in [-0.2, 0) is 4.74 Å². The highest BCUT2D eigenvalue weighted by Gasteiger charge is 2.22. The highest BCUT2D eigenvalue weighted by atomic mass is 16.5. The minimum absolute atomic E-state index is 0.0261. The first kappa shape index (κ1) is 14.6. The molecule has 0 unspecified atom stereocenters. The van der Waals surface area contributed by atoms with Crippen LogP contribution in [0.3, 0.4) is 0 Å². The fraction of sp³-hybridized carbons (Fsp3) is 0.133. The zero-order chi connectivity index (χ0) is 16.2. The normalized spacial score (nSPS) is 10.5. The summed E-state index contributed by atoms with van der Waals surface area (Å²) >= 11 is 0. The van der Waals surface area contributed by atoms with Gasteiger partial charge in [-0.25, -0.2) is 9.78 Å². The van der Waals surface area contributed by atoms with Crippen molar-refractivity contribution in [1.82, 2.24) is 9.97 Å². The zero-order valence-corrected chi connectivity index (χ0v) is 12.2. The van der Waals surface area contributed by atoms with Crippen molar-refractivity contribution in [2.75, 3.05) is 11.9 Å². The summed E-state index contributed by atoms with van der Waals surface area (Å²) in [4.78, 5) is 31.1. The molecule has 0 saturated carbocycles. The van der Waals surface area contributed by atoms with Crippen molar-refractivity contribution in [3.05, 3.63) is 48.2 Å². The topological polar surface area (TPSA) is 110 Å². The van der Waals surface area contributed by atoms with E-state index in [0.717, 1.165) is 0 Å². The van der Waals surface area contributed by atoms with Crippen LogP contribution in [0, 0.1) is 0 Å². The average Bonchev–Trinajstić information content (AvgIpc) is 3.28. The van der Waals surface area contributed by atoms with Crippen LogP contribution in [0.25, 0.3) is 11.6 Å². The number of imidazole rings is 1. The molecular weight excluding hydrogens is 302 g/mol. The van der Waals surface area contributed by atoms with Crippen molar-refractivity contribution in [3.8, 4) is 11.6 Å². The maximum atomic E-state index is 12.1. The van der Waals surface area contributed by atoms with E-state index in [9.17, 15) is 9.59 Å². The first-order valence-corrected chi connectivity index (χ1v) is 6.85. The molecule has 1 amide bonds. The van der Waals surface area contributed by atoms with Gasteiger partial charge in [-0.3, -0.25) is 4.79 Å². The van der Waals surface area contributed by atoms with E-state index >= 15 is 0 Å². The van der Waals surface area contributed by atoms with E-state index in [1.165, 1.54) is 18.6 Å². The third kappa shape index (κ3) is 3.00. The van der Waals surface area contributed by atoms with Crippen molar-refractivity contribution in [2.45, 2.75) is 6.92 Å². The van der Waals surface area contributed by atoms with Gasteiger partial charge in [0.05, 0.1) is 19.1 Å². The van der Waals surface area contributed by atoms with Gasteiger partial charge in [0.15, 0.2) is 28.9 Å². The molecule has 0 bridgehead atoms. The van der Waals surface area contributed by atoms with Crippen LogP contribution in [0.1, 0.15) is 28.0 Å². The molecule has 0 aliphatic rings. The smallest absolute Gasteiger partial charge is 0.358 e. The Morgan fingerprint density at radius 1 is 1.26 bits per heavy atom. The quantitative estimate of drug-likeness (QED) is 0.700. The predicted octanol–water partition coefficient (Wildman–Crippen LogP) is 2.69. The third-order valence-corrected chi connectivity index (χ3v) is 2.91. The number of carbonyl (C=O) groups is 2. The van der Waals surface area contributed by atoms with Gasteiger partial charge in [0.1, 0.15) is 0 Å². The lowest BCUT2D eigenvalue weighted by Gasteiger charge is -2.03. The van der Waals surface area contributed by atoms with Gasteiger partial charge in [0.2, 0.25) is 0 Å². The number of esters is 1. The number of hydrogen-bond donors (Lipinski definition) is 2. The van der Waals surface area contributed by atoms with Crippen LogP contribution in [0.15, 0.2) is 45.6 Å². The van der Waals surface area contributed by atoms with Crippen molar-refractivity contribution in [2.24, 2.45) is 0 Å². The number of nitrogens with one attached hydrogen (secondary N) is 2. The fourth-order valence-electron chi connectivity index (χ4n) is 1.92. The predicted molar refractivity (Wildman–Crippen MR) is 78.9 cm³/mol. The second kappa shape index (κ2) is 6.22. The molecule has 3 aromatic rings. The first-order valence-electron chi connectivity index (χ1n) is 6.85. The number of hydrogen-bond acceptors (Lipinski definition) is 6. The van der Waals surface area contributed by atoms with Crippen molar-refractivity contribution >= 4 is 17.7 Å². The second-order valence-corrected chi connectivity index (χ2v) is 4.44. The molecule has 2 N–H and O–H groups in total. The summed E-state index contributed by atoms with van der Waals surface area (Å²) in [5.41, 5.74) is 0.0261. The Balaban J connectivity index is 1.93. The lowest BCUT2D eigenvalue weighted by molar-refractivity contribution is 0.0521. The molecule has 23 heavy (non-hydrogen) atoms. The monoisotopic (exact) mass is 315 g/mol. The number of nitrogens with zero attached hydrogens (tertiary/aromatic N) is 1. The maximum absolute atomic E-state index is 12.1.